The number of benzene rings is 1. The van der Waals surface area contributed by atoms with Crippen molar-refractivity contribution in [3.05, 3.63) is 63.8 Å². The smallest absolute Gasteiger partial charge is 0.332 e. The van der Waals surface area contributed by atoms with Crippen molar-refractivity contribution in [1.29, 1.82) is 0 Å². The van der Waals surface area contributed by atoms with Crippen molar-refractivity contribution in [1.82, 2.24) is 18.7 Å². The summed E-state index contributed by atoms with van der Waals surface area (Å²) in [6, 6.07) is 9.14. The summed E-state index contributed by atoms with van der Waals surface area (Å²) in [5.41, 5.74) is -0.468. The summed E-state index contributed by atoms with van der Waals surface area (Å²) in [6.45, 7) is 4.17. The zero-order valence-electron chi connectivity index (χ0n) is 15.8. The van der Waals surface area contributed by atoms with Crippen LogP contribution in [-0.4, -0.2) is 43.0 Å². The minimum atomic E-state index is -0.899. The summed E-state index contributed by atoms with van der Waals surface area (Å²) in [5.74, 6) is 1.01. The average molecular weight is 385 g/mol. The van der Waals surface area contributed by atoms with Gasteiger partial charge in [-0.15, -0.1) is 6.58 Å². The Bertz CT molecular complexity index is 1100. The predicted molar refractivity (Wildman–Crippen MR) is 107 cm³/mol. The van der Waals surface area contributed by atoms with Crippen LogP contribution in [0.25, 0.3) is 11.2 Å². The van der Waals surface area contributed by atoms with Gasteiger partial charge in [0.25, 0.3) is 5.56 Å². The number of nitrogens with zero attached hydrogens (tertiary/aromatic N) is 4. The fourth-order valence-corrected chi connectivity index (χ4v) is 2.90. The fraction of sp³-hybridized carbons (Fsp3) is 0.316. The van der Waals surface area contributed by atoms with Gasteiger partial charge in [0.2, 0.25) is 5.95 Å². The first kappa shape index (κ1) is 19.4. The zero-order chi connectivity index (χ0) is 20.3. The molecule has 28 heavy (non-hydrogen) atoms. The molecule has 0 radical (unpaired) electrons. The number of ether oxygens (including phenoxy) is 1. The molecule has 0 amide bonds. The van der Waals surface area contributed by atoms with E-state index in [4.69, 9.17) is 4.74 Å². The molecule has 9 nitrogen and oxygen atoms in total. The number of hydrogen-bond acceptors (Lipinski definition) is 6. The molecular formula is C19H23N5O4. The van der Waals surface area contributed by atoms with Crippen LogP contribution in [0.15, 0.2) is 52.6 Å². The highest BCUT2D eigenvalue weighted by Gasteiger charge is 2.21. The molecule has 0 saturated carbocycles. The Hall–Kier alpha value is -3.33. The van der Waals surface area contributed by atoms with Gasteiger partial charge in [0.15, 0.2) is 11.2 Å². The highest BCUT2D eigenvalue weighted by atomic mass is 16.5. The number of hydrogen-bond donors (Lipinski definition) is 2. The normalized spacial score (nSPS) is 12.1. The Kier molecular flexibility index (Phi) is 5.65. The molecule has 1 unspecified atom stereocenters. The number of para-hydroxylation sites is 1. The van der Waals surface area contributed by atoms with Gasteiger partial charge in [0.05, 0.1) is 6.54 Å². The molecule has 1 aromatic carbocycles. The maximum atomic E-state index is 12.7. The summed E-state index contributed by atoms with van der Waals surface area (Å²) < 4.78 is 9.48. The van der Waals surface area contributed by atoms with Gasteiger partial charge >= 0.3 is 5.69 Å². The van der Waals surface area contributed by atoms with Crippen LogP contribution < -0.4 is 21.3 Å². The molecule has 2 heterocycles. The van der Waals surface area contributed by atoms with E-state index in [0.717, 1.165) is 4.57 Å². The highest BCUT2D eigenvalue weighted by molar-refractivity contribution is 5.74. The topological polar surface area (TPSA) is 103 Å². The molecule has 1 atom stereocenters. The monoisotopic (exact) mass is 385 g/mol. The van der Waals surface area contributed by atoms with E-state index in [1.165, 1.54) is 11.6 Å². The number of anilines is 1. The second-order valence-corrected chi connectivity index (χ2v) is 6.37. The molecule has 9 heteroatoms. The molecule has 2 aromatic heterocycles. The molecule has 148 valence electrons. The van der Waals surface area contributed by atoms with Gasteiger partial charge in [-0.3, -0.25) is 13.9 Å². The maximum Gasteiger partial charge on any atom is 0.332 e. The minimum Gasteiger partial charge on any atom is -0.491 e. The van der Waals surface area contributed by atoms with Crippen molar-refractivity contribution >= 4 is 17.1 Å². The number of aromatic nitrogens is 4. The third-order valence-electron chi connectivity index (χ3n) is 4.33. The molecule has 0 fully saturated rings. The molecule has 0 bridgehead atoms. The van der Waals surface area contributed by atoms with Crippen molar-refractivity contribution in [3.8, 4) is 5.75 Å². The Morgan fingerprint density at radius 2 is 1.96 bits per heavy atom. The van der Waals surface area contributed by atoms with E-state index < -0.39 is 17.4 Å². The van der Waals surface area contributed by atoms with Crippen LogP contribution in [0.4, 0.5) is 5.95 Å². The van der Waals surface area contributed by atoms with Gasteiger partial charge in [0.1, 0.15) is 18.5 Å². The van der Waals surface area contributed by atoms with E-state index in [0.29, 0.717) is 18.2 Å². The van der Waals surface area contributed by atoms with E-state index in [1.54, 1.807) is 29.8 Å². The van der Waals surface area contributed by atoms with E-state index in [9.17, 15) is 14.7 Å². The Labute approximate surface area is 161 Å². The van der Waals surface area contributed by atoms with Crippen molar-refractivity contribution in [3.63, 3.8) is 0 Å². The summed E-state index contributed by atoms with van der Waals surface area (Å²) >= 11 is 0. The van der Waals surface area contributed by atoms with Gasteiger partial charge in [-0.1, -0.05) is 24.3 Å². The Balaban J connectivity index is 1.96. The van der Waals surface area contributed by atoms with E-state index in [2.05, 4.69) is 16.9 Å². The summed E-state index contributed by atoms with van der Waals surface area (Å²) in [6.07, 6.45) is 0.749. The van der Waals surface area contributed by atoms with E-state index >= 15 is 0 Å². The molecule has 0 aliphatic carbocycles. The average Bonchev–Trinajstić information content (AvgIpc) is 3.06. The first-order chi connectivity index (χ1) is 13.4. The molecule has 0 saturated heterocycles. The third kappa shape index (κ3) is 3.70. The summed E-state index contributed by atoms with van der Waals surface area (Å²) in [7, 11) is 2.96. The van der Waals surface area contributed by atoms with Gasteiger partial charge in [-0.05, 0) is 12.1 Å². The molecule has 0 aliphatic rings. The quantitative estimate of drug-likeness (QED) is 0.547. The molecule has 0 spiro atoms. The largest absolute Gasteiger partial charge is 0.491 e. The highest BCUT2D eigenvalue weighted by Crippen LogP contribution is 2.17. The number of nitrogens with one attached hydrogen (secondary N) is 1. The summed E-state index contributed by atoms with van der Waals surface area (Å²) in [5, 5.41) is 13.5. The van der Waals surface area contributed by atoms with Crippen molar-refractivity contribution < 1.29 is 9.84 Å². The number of imidazole rings is 1. The minimum absolute atomic E-state index is 0.0384. The number of rotatable bonds is 8. The van der Waals surface area contributed by atoms with Crippen LogP contribution in [-0.2, 0) is 20.6 Å². The lowest BCUT2D eigenvalue weighted by molar-refractivity contribution is 0.0938. The zero-order valence-corrected chi connectivity index (χ0v) is 15.8. The van der Waals surface area contributed by atoms with Crippen molar-refractivity contribution in [2.24, 2.45) is 14.1 Å². The van der Waals surface area contributed by atoms with Crippen molar-refractivity contribution in [2.75, 3.05) is 18.5 Å². The van der Waals surface area contributed by atoms with Crippen molar-refractivity contribution in [2.45, 2.75) is 12.6 Å². The molecule has 2 N–H and O–H groups in total. The Morgan fingerprint density at radius 3 is 2.64 bits per heavy atom. The van der Waals surface area contributed by atoms with Crippen LogP contribution in [0.3, 0.4) is 0 Å². The van der Waals surface area contributed by atoms with Crippen LogP contribution in [0.2, 0.25) is 0 Å². The van der Waals surface area contributed by atoms with Gasteiger partial charge in [-0.2, -0.15) is 4.98 Å². The predicted octanol–water partition coefficient (Wildman–Crippen LogP) is 0.472. The maximum absolute atomic E-state index is 12.7. The number of aliphatic hydroxyl groups is 1. The fourth-order valence-electron chi connectivity index (χ4n) is 2.90. The van der Waals surface area contributed by atoms with E-state index in [1.807, 2.05) is 18.2 Å². The third-order valence-corrected chi connectivity index (χ3v) is 4.33. The van der Waals surface area contributed by atoms with Gasteiger partial charge < -0.3 is 19.7 Å². The van der Waals surface area contributed by atoms with Gasteiger partial charge in [0, 0.05) is 20.6 Å². The molecule has 3 rings (SSSR count). The second-order valence-electron chi connectivity index (χ2n) is 6.37. The molecule has 0 aliphatic heterocycles. The number of fused-ring (bicyclic) bond motifs is 1. The molecule has 3 aromatic rings. The SMILES string of the molecule is C=CCNc1nc2c(c(=O)n(C)c(=O)n2C)n1CC(O)COc1ccccc1. The van der Waals surface area contributed by atoms with Crippen LogP contribution in [0.5, 0.6) is 5.75 Å². The lowest BCUT2D eigenvalue weighted by Crippen LogP contribution is -2.38. The number of aliphatic hydroxyl groups excluding tert-OH is 1. The lowest BCUT2D eigenvalue weighted by atomic mass is 10.3. The first-order valence-electron chi connectivity index (χ1n) is 8.81. The van der Waals surface area contributed by atoms with Gasteiger partial charge in [-0.25, -0.2) is 4.79 Å². The first-order valence-corrected chi connectivity index (χ1v) is 8.81. The standard InChI is InChI=1S/C19H23N5O4/c1-4-10-20-18-21-16-15(17(26)23(3)19(27)22(16)2)24(18)11-13(25)12-28-14-8-6-5-7-9-14/h4-9,13,25H,1,10-12H2,2-3H3,(H,20,21). The van der Waals surface area contributed by atoms with Crippen LogP contribution in [0.1, 0.15) is 0 Å². The Morgan fingerprint density at radius 1 is 1.25 bits per heavy atom. The summed E-state index contributed by atoms with van der Waals surface area (Å²) in [4.78, 5) is 29.3. The molecular weight excluding hydrogens is 362 g/mol. The van der Waals surface area contributed by atoms with Crippen LogP contribution in [0, 0.1) is 0 Å². The van der Waals surface area contributed by atoms with E-state index in [-0.39, 0.29) is 24.3 Å². The van der Waals surface area contributed by atoms with Crippen LogP contribution >= 0.6 is 0 Å². The second kappa shape index (κ2) is 8.13. The number of aryl methyl sites for hydroxylation is 1. The lowest BCUT2D eigenvalue weighted by Gasteiger charge is -2.15.